The lowest BCUT2D eigenvalue weighted by molar-refractivity contribution is 0.186. The topological polar surface area (TPSA) is 75.7 Å². The molecule has 3 rings (SSSR count). The molecule has 150 valence electrons. The number of piperidine rings is 1. The van der Waals surface area contributed by atoms with Crippen molar-refractivity contribution in [3.63, 3.8) is 0 Å². The maximum atomic E-state index is 12.8. The Labute approximate surface area is 170 Å². The first kappa shape index (κ1) is 20.5. The lowest BCUT2D eigenvalue weighted by atomic mass is 10.1. The Morgan fingerprint density at radius 3 is 2.29 bits per heavy atom. The number of halogens is 1. The molecule has 0 atom stereocenters. The van der Waals surface area contributed by atoms with E-state index < -0.39 is 15.1 Å². The molecule has 0 spiro atoms. The van der Waals surface area contributed by atoms with Gasteiger partial charge in [-0.05, 0) is 54.8 Å². The lowest BCUT2D eigenvalue weighted by Gasteiger charge is -2.31. The average Bonchev–Trinajstić information content (AvgIpc) is 2.73. The number of hydrogen-bond donors (Lipinski definition) is 1. The van der Waals surface area contributed by atoms with E-state index in [0.29, 0.717) is 48.1 Å². The fraction of sp³-hybridized carbons (Fsp3) is 0.350. The zero-order valence-corrected chi connectivity index (χ0v) is 17.2. The lowest BCUT2D eigenvalue weighted by Crippen LogP contribution is -2.46. The number of methoxy groups -OCH3 is 1. The van der Waals surface area contributed by atoms with Crippen LogP contribution in [0.25, 0.3) is 0 Å². The Morgan fingerprint density at radius 1 is 1.11 bits per heavy atom. The predicted octanol–water partition coefficient (Wildman–Crippen LogP) is 3.50. The molecule has 0 aliphatic carbocycles. The molecular formula is C20H23ClN2O4S. The van der Waals surface area contributed by atoms with Crippen LogP contribution in [-0.4, -0.2) is 44.8 Å². The van der Waals surface area contributed by atoms with Crippen LogP contribution in [0.4, 0.5) is 4.79 Å². The van der Waals surface area contributed by atoms with Crippen LogP contribution in [0.5, 0.6) is 5.75 Å². The van der Waals surface area contributed by atoms with Crippen molar-refractivity contribution < 1.29 is 17.9 Å². The molecule has 28 heavy (non-hydrogen) atoms. The van der Waals surface area contributed by atoms with Gasteiger partial charge in [0, 0.05) is 24.7 Å². The summed E-state index contributed by atoms with van der Waals surface area (Å²) in [6.07, 6.45) is 0.839. The van der Waals surface area contributed by atoms with Crippen LogP contribution in [-0.2, 0) is 16.4 Å². The van der Waals surface area contributed by atoms with Crippen LogP contribution in [0.2, 0.25) is 5.02 Å². The van der Waals surface area contributed by atoms with Gasteiger partial charge in [-0.2, -0.15) is 0 Å². The molecule has 8 heteroatoms. The Balaban J connectivity index is 1.54. The van der Waals surface area contributed by atoms with Crippen LogP contribution in [0.3, 0.4) is 0 Å². The van der Waals surface area contributed by atoms with Crippen molar-refractivity contribution in [1.82, 2.24) is 10.2 Å². The number of rotatable bonds is 5. The fourth-order valence-corrected chi connectivity index (χ4v) is 5.08. The predicted molar refractivity (Wildman–Crippen MR) is 108 cm³/mol. The molecule has 0 saturated carbocycles. The van der Waals surface area contributed by atoms with Crippen molar-refractivity contribution in [2.75, 3.05) is 20.2 Å². The Kier molecular flexibility index (Phi) is 6.46. The zero-order valence-electron chi connectivity index (χ0n) is 15.6. The number of urea groups is 1. The van der Waals surface area contributed by atoms with E-state index in [1.165, 1.54) is 7.11 Å². The van der Waals surface area contributed by atoms with Crippen LogP contribution in [0.15, 0.2) is 53.4 Å². The normalized spacial score (nSPS) is 15.3. The molecule has 1 aliphatic heterocycles. The van der Waals surface area contributed by atoms with Gasteiger partial charge in [0.05, 0.1) is 17.3 Å². The first-order valence-corrected chi connectivity index (χ1v) is 11.0. The average molecular weight is 423 g/mol. The number of nitrogens with one attached hydrogen (secondary N) is 1. The minimum Gasteiger partial charge on any atom is -0.497 e. The summed E-state index contributed by atoms with van der Waals surface area (Å²) in [6, 6.07) is 13.5. The Bertz CT molecular complexity index is 906. The molecular weight excluding hydrogens is 400 g/mol. The van der Waals surface area contributed by atoms with Crippen molar-refractivity contribution in [2.45, 2.75) is 29.5 Å². The van der Waals surface area contributed by atoms with Gasteiger partial charge in [-0.25, -0.2) is 13.2 Å². The molecule has 1 aliphatic rings. The minimum absolute atomic E-state index is 0.185. The Morgan fingerprint density at radius 2 is 1.71 bits per heavy atom. The van der Waals surface area contributed by atoms with E-state index in [1.807, 2.05) is 12.1 Å². The fourth-order valence-electron chi connectivity index (χ4n) is 3.22. The number of benzene rings is 2. The first-order valence-electron chi connectivity index (χ1n) is 9.05. The van der Waals surface area contributed by atoms with Gasteiger partial charge >= 0.3 is 6.03 Å². The number of hydrogen-bond acceptors (Lipinski definition) is 4. The second kappa shape index (κ2) is 8.84. The highest BCUT2D eigenvalue weighted by molar-refractivity contribution is 7.92. The molecule has 0 radical (unpaired) electrons. The third-order valence-corrected chi connectivity index (χ3v) is 7.44. The third-order valence-electron chi connectivity index (χ3n) is 4.91. The van der Waals surface area contributed by atoms with Crippen LogP contribution in [0, 0.1) is 0 Å². The third kappa shape index (κ3) is 4.77. The van der Waals surface area contributed by atoms with Crippen molar-refractivity contribution in [3.05, 3.63) is 59.1 Å². The number of carbonyl (C=O) groups is 1. The van der Waals surface area contributed by atoms with E-state index in [9.17, 15) is 13.2 Å². The zero-order chi connectivity index (χ0) is 20.1. The standard InChI is InChI=1S/C20H23ClN2O4S/c1-27-17-6-8-18(9-7-17)28(25,26)19-10-12-23(13-11-19)20(24)22-14-15-2-4-16(21)5-3-15/h2-9,19H,10-14H2,1H3,(H,22,24). The number of amides is 2. The summed E-state index contributed by atoms with van der Waals surface area (Å²) in [7, 11) is -1.88. The molecule has 2 aromatic carbocycles. The second-order valence-corrected chi connectivity index (χ2v) is 9.36. The van der Waals surface area contributed by atoms with Gasteiger partial charge in [-0.1, -0.05) is 23.7 Å². The van der Waals surface area contributed by atoms with Crippen molar-refractivity contribution in [2.24, 2.45) is 0 Å². The van der Waals surface area contributed by atoms with E-state index in [0.717, 1.165) is 5.56 Å². The van der Waals surface area contributed by atoms with Crippen LogP contribution < -0.4 is 10.1 Å². The van der Waals surface area contributed by atoms with E-state index in [-0.39, 0.29) is 6.03 Å². The summed E-state index contributed by atoms with van der Waals surface area (Å²) in [4.78, 5) is 14.3. The highest BCUT2D eigenvalue weighted by Crippen LogP contribution is 2.26. The van der Waals surface area contributed by atoms with Gasteiger partial charge in [0.2, 0.25) is 0 Å². The quantitative estimate of drug-likeness (QED) is 0.800. The first-order chi connectivity index (χ1) is 13.4. The summed E-state index contributed by atoms with van der Waals surface area (Å²) in [6.45, 7) is 1.22. The number of ether oxygens (including phenoxy) is 1. The van der Waals surface area contributed by atoms with Gasteiger partial charge in [0.1, 0.15) is 5.75 Å². The molecule has 1 N–H and O–H groups in total. The molecule has 2 aromatic rings. The molecule has 0 bridgehead atoms. The van der Waals surface area contributed by atoms with Gasteiger partial charge in [0.25, 0.3) is 0 Å². The summed E-state index contributed by atoms with van der Waals surface area (Å²) in [5.74, 6) is 0.617. The maximum absolute atomic E-state index is 12.8. The summed E-state index contributed by atoms with van der Waals surface area (Å²) in [5.41, 5.74) is 0.953. The van der Waals surface area contributed by atoms with Gasteiger partial charge in [-0.3, -0.25) is 0 Å². The van der Waals surface area contributed by atoms with E-state index in [1.54, 1.807) is 41.3 Å². The number of likely N-dealkylation sites (tertiary alicyclic amines) is 1. The second-order valence-electron chi connectivity index (χ2n) is 6.69. The van der Waals surface area contributed by atoms with Crippen molar-refractivity contribution in [1.29, 1.82) is 0 Å². The molecule has 0 unspecified atom stereocenters. The van der Waals surface area contributed by atoms with Crippen LogP contribution >= 0.6 is 11.6 Å². The molecule has 1 heterocycles. The van der Waals surface area contributed by atoms with E-state index in [2.05, 4.69) is 5.32 Å². The molecule has 2 amide bonds. The highest BCUT2D eigenvalue weighted by Gasteiger charge is 2.32. The molecule has 1 fully saturated rings. The minimum atomic E-state index is -3.42. The maximum Gasteiger partial charge on any atom is 0.317 e. The molecule has 1 saturated heterocycles. The van der Waals surface area contributed by atoms with E-state index in [4.69, 9.17) is 16.3 Å². The molecule has 6 nitrogen and oxygen atoms in total. The van der Waals surface area contributed by atoms with Gasteiger partial charge in [-0.15, -0.1) is 0 Å². The number of sulfone groups is 1. The van der Waals surface area contributed by atoms with Crippen molar-refractivity contribution in [3.8, 4) is 5.75 Å². The highest BCUT2D eigenvalue weighted by atomic mass is 35.5. The number of nitrogens with zero attached hydrogens (tertiary/aromatic N) is 1. The monoisotopic (exact) mass is 422 g/mol. The Hall–Kier alpha value is -2.25. The SMILES string of the molecule is COc1ccc(S(=O)(=O)C2CCN(C(=O)NCc3ccc(Cl)cc3)CC2)cc1. The molecule has 0 aromatic heterocycles. The van der Waals surface area contributed by atoms with Gasteiger partial charge < -0.3 is 15.0 Å². The summed E-state index contributed by atoms with van der Waals surface area (Å²) in [5, 5.41) is 3.03. The van der Waals surface area contributed by atoms with E-state index >= 15 is 0 Å². The summed E-state index contributed by atoms with van der Waals surface area (Å²) < 4.78 is 30.7. The van der Waals surface area contributed by atoms with Crippen LogP contribution in [0.1, 0.15) is 18.4 Å². The number of carbonyl (C=O) groups excluding carboxylic acids is 1. The summed E-state index contributed by atoms with van der Waals surface area (Å²) >= 11 is 5.86. The van der Waals surface area contributed by atoms with Crippen molar-refractivity contribution >= 4 is 27.5 Å². The largest absolute Gasteiger partial charge is 0.497 e. The van der Waals surface area contributed by atoms with Gasteiger partial charge in [0.15, 0.2) is 9.84 Å². The smallest absolute Gasteiger partial charge is 0.317 e.